The van der Waals surface area contributed by atoms with Crippen molar-refractivity contribution in [1.29, 1.82) is 0 Å². The molecule has 0 spiro atoms. The Hall–Kier alpha value is -1.97. The Morgan fingerprint density at radius 2 is 2.08 bits per heavy atom. The molecule has 0 aliphatic heterocycles. The van der Waals surface area contributed by atoms with Crippen molar-refractivity contribution in [3.05, 3.63) is 42.2 Å². The number of aromatic nitrogens is 2. The second-order valence-corrected chi connectivity index (χ2v) is 5.77. The standard InChI is InChI=1S/C18H27N5O2.HI/c1-14-11-22-23(13-14)9-8-20-18(19-3)21-12-15(2)25-17-7-5-6-16(10-17)24-4;/h5-7,10-11,13,15H,8-9,12H2,1-4H3,(H2,19,20,21);1H. The third-order valence-corrected chi connectivity index (χ3v) is 3.55. The molecule has 1 aromatic carbocycles. The largest absolute Gasteiger partial charge is 0.497 e. The van der Waals surface area contributed by atoms with E-state index in [9.17, 15) is 0 Å². The topological polar surface area (TPSA) is 72.7 Å². The van der Waals surface area contributed by atoms with Crippen LogP contribution >= 0.6 is 24.0 Å². The van der Waals surface area contributed by atoms with E-state index in [1.165, 1.54) is 0 Å². The van der Waals surface area contributed by atoms with Crippen molar-refractivity contribution >= 4 is 29.9 Å². The van der Waals surface area contributed by atoms with Gasteiger partial charge in [-0.25, -0.2) is 0 Å². The lowest BCUT2D eigenvalue weighted by Gasteiger charge is -2.18. The number of halogens is 1. The number of methoxy groups -OCH3 is 1. The number of benzene rings is 1. The van der Waals surface area contributed by atoms with Crippen LogP contribution in [0.3, 0.4) is 0 Å². The van der Waals surface area contributed by atoms with Gasteiger partial charge in [0.2, 0.25) is 0 Å². The van der Waals surface area contributed by atoms with Crippen LogP contribution in [-0.4, -0.2) is 49.1 Å². The highest BCUT2D eigenvalue weighted by atomic mass is 127. The van der Waals surface area contributed by atoms with E-state index in [-0.39, 0.29) is 30.1 Å². The first-order valence-corrected chi connectivity index (χ1v) is 8.35. The number of hydrogen-bond donors (Lipinski definition) is 2. The maximum absolute atomic E-state index is 5.89. The van der Waals surface area contributed by atoms with Gasteiger partial charge in [0, 0.05) is 25.9 Å². The van der Waals surface area contributed by atoms with Gasteiger partial charge < -0.3 is 20.1 Å². The summed E-state index contributed by atoms with van der Waals surface area (Å²) in [5, 5.41) is 10.8. The maximum atomic E-state index is 5.89. The third kappa shape index (κ3) is 7.51. The lowest BCUT2D eigenvalue weighted by molar-refractivity contribution is 0.223. The normalized spacial score (nSPS) is 12.1. The molecule has 8 heteroatoms. The summed E-state index contributed by atoms with van der Waals surface area (Å²) in [6, 6.07) is 7.59. The lowest BCUT2D eigenvalue weighted by Crippen LogP contribution is -2.42. The molecule has 2 N–H and O–H groups in total. The highest BCUT2D eigenvalue weighted by Crippen LogP contribution is 2.19. The van der Waals surface area contributed by atoms with Gasteiger partial charge in [-0.3, -0.25) is 9.67 Å². The van der Waals surface area contributed by atoms with Crippen molar-refractivity contribution in [2.24, 2.45) is 4.99 Å². The van der Waals surface area contributed by atoms with Crippen molar-refractivity contribution in [1.82, 2.24) is 20.4 Å². The predicted octanol–water partition coefficient (Wildman–Crippen LogP) is 2.45. The minimum atomic E-state index is -0.0144. The first-order chi connectivity index (χ1) is 12.1. The number of hydrogen-bond acceptors (Lipinski definition) is 4. The fourth-order valence-corrected chi connectivity index (χ4v) is 2.29. The smallest absolute Gasteiger partial charge is 0.191 e. The molecule has 1 unspecified atom stereocenters. The third-order valence-electron chi connectivity index (χ3n) is 3.55. The number of rotatable bonds is 8. The molecule has 0 aliphatic carbocycles. The SMILES string of the molecule is CN=C(NCCn1cc(C)cn1)NCC(C)Oc1cccc(OC)c1.I. The van der Waals surface area contributed by atoms with E-state index in [0.29, 0.717) is 6.54 Å². The maximum Gasteiger partial charge on any atom is 0.191 e. The lowest BCUT2D eigenvalue weighted by atomic mass is 10.3. The molecule has 26 heavy (non-hydrogen) atoms. The molecule has 0 bridgehead atoms. The van der Waals surface area contributed by atoms with Gasteiger partial charge in [0.1, 0.15) is 17.6 Å². The second kappa shape index (κ2) is 11.6. The van der Waals surface area contributed by atoms with Gasteiger partial charge in [0.05, 0.1) is 26.4 Å². The average molecular weight is 473 g/mol. The van der Waals surface area contributed by atoms with Crippen LogP contribution in [0.5, 0.6) is 11.5 Å². The number of aryl methyl sites for hydroxylation is 1. The van der Waals surface area contributed by atoms with Gasteiger partial charge >= 0.3 is 0 Å². The van der Waals surface area contributed by atoms with Crippen LogP contribution in [-0.2, 0) is 6.54 Å². The summed E-state index contributed by atoms with van der Waals surface area (Å²) >= 11 is 0. The van der Waals surface area contributed by atoms with Crippen molar-refractivity contribution in [2.75, 3.05) is 27.2 Å². The van der Waals surface area contributed by atoms with Crippen LogP contribution in [0.15, 0.2) is 41.7 Å². The fourth-order valence-electron chi connectivity index (χ4n) is 2.29. The van der Waals surface area contributed by atoms with Crippen molar-refractivity contribution in [3.63, 3.8) is 0 Å². The van der Waals surface area contributed by atoms with E-state index >= 15 is 0 Å². The van der Waals surface area contributed by atoms with Gasteiger partial charge in [0.25, 0.3) is 0 Å². The molecule has 0 saturated carbocycles. The van der Waals surface area contributed by atoms with Crippen LogP contribution in [0.1, 0.15) is 12.5 Å². The van der Waals surface area contributed by atoms with E-state index < -0.39 is 0 Å². The number of nitrogens with one attached hydrogen (secondary N) is 2. The summed E-state index contributed by atoms with van der Waals surface area (Å²) in [4.78, 5) is 4.22. The highest BCUT2D eigenvalue weighted by molar-refractivity contribution is 14.0. The summed E-state index contributed by atoms with van der Waals surface area (Å²) in [6.45, 7) is 6.20. The van der Waals surface area contributed by atoms with Crippen LogP contribution in [0.2, 0.25) is 0 Å². The molecule has 2 aromatic rings. The van der Waals surface area contributed by atoms with E-state index in [4.69, 9.17) is 9.47 Å². The van der Waals surface area contributed by atoms with Gasteiger partial charge in [0.15, 0.2) is 5.96 Å². The second-order valence-electron chi connectivity index (χ2n) is 5.77. The summed E-state index contributed by atoms with van der Waals surface area (Å²) in [7, 11) is 3.39. The zero-order chi connectivity index (χ0) is 18.1. The van der Waals surface area contributed by atoms with Gasteiger partial charge in [-0.15, -0.1) is 24.0 Å². The highest BCUT2D eigenvalue weighted by Gasteiger charge is 2.06. The van der Waals surface area contributed by atoms with Gasteiger partial charge in [-0.2, -0.15) is 5.10 Å². The van der Waals surface area contributed by atoms with Gasteiger partial charge in [-0.1, -0.05) is 6.07 Å². The molecule has 7 nitrogen and oxygen atoms in total. The molecule has 2 rings (SSSR count). The molecule has 1 heterocycles. The minimum Gasteiger partial charge on any atom is -0.497 e. The molecule has 0 saturated heterocycles. The number of guanidine groups is 1. The first kappa shape index (κ1) is 22.1. The molecule has 144 valence electrons. The van der Waals surface area contributed by atoms with Crippen molar-refractivity contribution in [3.8, 4) is 11.5 Å². The van der Waals surface area contributed by atoms with E-state index in [1.54, 1.807) is 14.2 Å². The molecule has 0 amide bonds. The summed E-state index contributed by atoms with van der Waals surface area (Å²) in [5.41, 5.74) is 1.16. The molecule has 1 atom stereocenters. The van der Waals surface area contributed by atoms with E-state index in [2.05, 4.69) is 20.7 Å². The Kier molecular flexibility index (Phi) is 9.85. The molecular formula is C18H28IN5O2. The summed E-state index contributed by atoms with van der Waals surface area (Å²) in [5.74, 6) is 2.31. The number of ether oxygens (including phenoxy) is 2. The Morgan fingerprint density at radius 3 is 2.73 bits per heavy atom. The van der Waals surface area contributed by atoms with Gasteiger partial charge in [-0.05, 0) is 31.5 Å². The molecular weight excluding hydrogens is 445 g/mol. The van der Waals surface area contributed by atoms with E-state index in [1.807, 2.05) is 55.2 Å². The van der Waals surface area contributed by atoms with Crippen molar-refractivity contribution < 1.29 is 9.47 Å². The summed E-state index contributed by atoms with van der Waals surface area (Å²) < 4.78 is 13.0. The zero-order valence-corrected chi connectivity index (χ0v) is 18.1. The molecule has 1 aromatic heterocycles. The minimum absolute atomic E-state index is 0. The van der Waals surface area contributed by atoms with Crippen molar-refractivity contribution in [2.45, 2.75) is 26.5 Å². The monoisotopic (exact) mass is 473 g/mol. The Labute approximate surface area is 172 Å². The first-order valence-electron chi connectivity index (χ1n) is 8.35. The predicted molar refractivity (Wildman–Crippen MR) is 115 cm³/mol. The Morgan fingerprint density at radius 1 is 1.31 bits per heavy atom. The molecule has 0 radical (unpaired) electrons. The quantitative estimate of drug-likeness (QED) is 0.350. The van der Waals surface area contributed by atoms with Crippen LogP contribution < -0.4 is 20.1 Å². The Bertz CT molecular complexity index is 690. The average Bonchev–Trinajstić information content (AvgIpc) is 3.03. The fraction of sp³-hybridized carbons (Fsp3) is 0.444. The summed E-state index contributed by atoms with van der Waals surface area (Å²) in [6.07, 6.45) is 3.85. The Balaban J connectivity index is 0.00000338. The zero-order valence-electron chi connectivity index (χ0n) is 15.7. The molecule has 0 fully saturated rings. The van der Waals surface area contributed by atoms with Crippen LogP contribution in [0, 0.1) is 6.92 Å². The van der Waals surface area contributed by atoms with Crippen LogP contribution in [0.25, 0.3) is 0 Å². The van der Waals surface area contributed by atoms with E-state index in [0.717, 1.165) is 36.1 Å². The number of aliphatic imine (C=N–C) groups is 1. The van der Waals surface area contributed by atoms with Crippen LogP contribution in [0.4, 0.5) is 0 Å². The molecule has 0 aliphatic rings. The number of nitrogens with zero attached hydrogens (tertiary/aromatic N) is 3.